The highest BCUT2D eigenvalue weighted by molar-refractivity contribution is 5.97. The van der Waals surface area contributed by atoms with Crippen molar-refractivity contribution in [2.75, 3.05) is 19.0 Å². The van der Waals surface area contributed by atoms with E-state index in [2.05, 4.69) is 15.3 Å². The third-order valence-corrected chi connectivity index (χ3v) is 3.87. The second kappa shape index (κ2) is 6.72. The molecule has 0 saturated carbocycles. The van der Waals surface area contributed by atoms with E-state index in [9.17, 15) is 9.59 Å². The summed E-state index contributed by atoms with van der Waals surface area (Å²) >= 11 is 0. The first kappa shape index (κ1) is 16.6. The number of benzene rings is 1. The van der Waals surface area contributed by atoms with Crippen molar-refractivity contribution in [3.8, 4) is 0 Å². The van der Waals surface area contributed by atoms with E-state index in [4.69, 9.17) is 4.42 Å². The van der Waals surface area contributed by atoms with Crippen molar-refractivity contribution in [2.24, 2.45) is 0 Å². The number of nitrogens with one attached hydrogen (secondary N) is 1. The van der Waals surface area contributed by atoms with Crippen LogP contribution >= 0.6 is 0 Å². The summed E-state index contributed by atoms with van der Waals surface area (Å²) in [5.41, 5.74) is 0.711. The van der Waals surface area contributed by atoms with E-state index in [-0.39, 0.29) is 12.3 Å². The minimum absolute atomic E-state index is 0.0153. The fraction of sp³-hybridized carbons (Fsp3) is 0.222. The molecule has 0 atom stereocenters. The van der Waals surface area contributed by atoms with E-state index in [1.807, 2.05) is 25.1 Å². The summed E-state index contributed by atoms with van der Waals surface area (Å²) in [4.78, 5) is 34.8. The smallest absolute Gasteiger partial charge is 0.344 e. The largest absolute Gasteiger partial charge is 0.417 e. The summed E-state index contributed by atoms with van der Waals surface area (Å²) in [6, 6.07) is 7.05. The third kappa shape index (κ3) is 3.35. The number of amides is 1. The molecule has 0 aliphatic rings. The first-order valence-electron chi connectivity index (χ1n) is 7.76. The molecular formula is C18H18N4O3. The van der Waals surface area contributed by atoms with Crippen LogP contribution in [0.4, 0.5) is 5.82 Å². The average molecular weight is 338 g/mol. The van der Waals surface area contributed by atoms with Crippen LogP contribution in [0.3, 0.4) is 0 Å². The molecule has 25 heavy (non-hydrogen) atoms. The van der Waals surface area contributed by atoms with Gasteiger partial charge in [-0.3, -0.25) is 9.78 Å². The van der Waals surface area contributed by atoms with Gasteiger partial charge in [0.25, 0.3) is 5.91 Å². The van der Waals surface area contributed by atoms with Crippen molar-refractivity contribution in [1.29, 1.82) is 0 Å². The predicted octanol–water partition coefficient (Wildman–Crippen LogP) is 1.89. The summed E-state index contributed by atoms with van der Waals surface area (Å²) in [5.74, 6) is 0.284. The lowest BCUT2D eigenvalue weighted by atomic mass is 10.1. The van der Waals surface area contributed by atoms with E-state index in [0.29, 0.717) is 22.0 Å². The van der Waals surface area contributed by atoms with Gasteiger partial charge in [0.2, 0.25) is 0 Å². The molecule has 0 aliphatic carbocycles. The van der Waals surface area contributed by atoms with Crippen LogP contribution in [0.15, 0.2) is 45.9 Å². The fourth-order valence-corrected chi connectivity index (χ4v) is 2.47. The van der Waals surface area contributed by atoms with Gasteiger partial charge in [0.1, 0.15) is 5.82 Å². The molecule has 128 valence electrons. The van der Waals surface area contributed by atoms with Crippen LogP contribution in [0.5, 0.6) is 0 Å². The molecule has 0 spiro atoms. The Labute approximate surface area is 144 Å². The van der Waals surface area contributed by atoms with Crippen LogP contribution in [-0.4, -0.2) is 30.0 Å². The number of rotatable bonds is 4. The number of aromatic nitrogens is 2. The Bertz CT molecular complexity index is 978. The zero-order valence-electron chi connectivity index (χ0n) is 14.2. The normalized spacial score (nSPS) is 10.7. The molecule has 1 N–H and O–H groups in total. The number of carbonyl (C=O) groups is 1. The molecule has 0 aliphatic heterocycles. The summed E-state index contributed by atoms with van der Waals surface area (Å²) in [7, 11) is 3.74. The van der Waals surface area contributed by atoms with Crippen LogP contribution in [0, 0.1) is 6.92 Å². The average Bonchev–Trinajstić information content (AvgIpc) is 2.63. The number of hydrogen-bond acceptors (Lipinski definition) is 6. The molecule has 7 nitrogen and oxygen atoms in total. The number of aryl methyl sites for hydroxylation is 1. The summed E-state index contributed by atoms with van der Waals surface area (Å²) in [6.45, 7) is 1.95. The molecule has 0 saturated heterocycles. The lowest BCUT2D eigenvalue weighted by Crippen LogP contribution is -2.25. The fourth-order valence-electron chi connectivity index (χ4n) is 2.47. The molecule has 7 heteroatoms. The number of nitrogens with zero attached hydrogens (tertiary/aromatic N) is 3. The van der Waals surface area contributed by atoms with E-state index in [1.54, 1.807) is 37.5 Å². The molecular weight excluding hydrogens is 320 g/mol. The van der Waals surface area contributed by atoms with Gasteiger partial charge in [0.15, 0.2) is 5.76 Å². The Morgan fingerprint density at radius 3 is 2.52 bits per heavy atom. The van der Waals surface area contributed by atoms with E-state index in [1.165, 1.54) is 0 Å². The molecule has 3 rings (SSSR count). The van der Waals surface area contributed by atoms with Crippen molar-refractivity contribution >= 4 is 22.5 Å². The van der Waals surface area contributed by atoms with Crippen molar-refractivity contribution in [1.82, 2.24) is 15.3 Å². The van der Waals surface area contributed by atoms with Crippen LogP contribution in [-0.2, 0) is 6.54 Å². The van der Waals surface area contributed by atoms with Crippen LogP contribution in [0.2, 0.25) is 0 Å². The minimum atomic E-state index is -0.526. The van der Waals surface area contributed by atoms with Gasteiger partial charge in [-0.15, -0.1) is 0 Å². The van der Waals surface area contributed by atoms with Crippen LogP contribution in [0.1, 0.15) is 21.8 Å². The monoisotopic (exact) mass is 338 g/mol. The van der Waals surface area contributed by atoms with Gasteiger partial charge >= 0.3 is 5.63 Å². The summed E-state index contributed by atoms with van der Waals surface area (Å²) in [5, 5.41) is 3.88. The lowest BCUT2D eigenvalue weighted by molar-refractivity contribution is 0.0917. The molecule has 1 amide bonds. The quantitative estimate of drug-likeness (QED) is 0.781. The molecule has 1 aromatic carbocycles. The van der Waals surface area contributed by atoms with E-state index < -0.39 is 11.5 Å². The predicted molar refractivity (Wildman–Crippen MR) is 94.8 cm³/mol. The van der Waals surface area contributed by atoms with Crippen LogP contribution < -0.4 is 15.8 Å². The van der Waals surface area contributed by atoms with Gasteiger partial charge in [-0.1, -0.05) is 18.2 Å². The van der Waals surface area contributed by atoms with Crippen molar-refractivity contribution < 1.29 is 9.21 Å². The van der Waals surface area contributed by atoms with Crippen LogP contribution in [0.25, 0.3) is 10.8 Å². The minimum Gasteiger partial charge on any atom is -0.417 e. The Balaban J connectivity index is 1.81. The molecule has 3 aromatic rings. The molecule has 2 heterocycles. The third-order valence-electron chi connectivity index (χ3n) is 3.87. The lowest BCUT2D eigenvalue weighted by Gasteiger charge is -2.11. The zero-order valence-corrected chi connectivity index (χ0v) is 14.2. The second-order valence-electron chi connectivity index (χ2n) is 5.83. The van der Waals surface area contributed by atoms with Crippen molar-refractivity contribution in [2.45, 2.75) is 13.5 Å². The molecule has 2 aromatic heterocycles. The Morgan fingerprint density at radius 1 is 1.16 bits per heavy atom. The standard InChI is InChI=1S/C18H18N4O3/c1-11-13-6-4-5-7-14(13)18(24)25-16(11)17(23)21-9-12-8-20-15(10-19-12)22(2)3/h4-8,10H,9H2,1-3H3,(H,21,23). The van der Waals surface area contributed by atoms with Gasteiger partial charge < -0.3 is 14.6 Å². The van der Waals surface area contributed by atoms with Crippen molar-refractivity contribution in [3.05, 3.63) is 64.1 Å². The van der Waals surface area contributed by atoms with Gasteiger partial charge in [0.05, 0.1) is 30.0 Å². The molecule has 0 fully saturated rings. The highest BCUT2D eigenvalue weighted by Gasteiger charge is 2.17. The maximum absolute atomic E-state index is 12.4. The van der Waals surface area contributed by atoms with Crippen molar-refractivity contribution in [3.63, 3.8) is 0 Å². The highest BCUT2D eigenvalue weighted by atomic mass is 16.4. The highest BCUT2D eigenvalue weighted by Crippen LogP contribution is 2.18. The zero-order chi connectivity index (χ0) is 18.0. The number of carbonyl (C=O) groups excluding carboxylic acids is 1. The summed E-state index contributed by atoms with van der Waals surface area (Å²) < 4.78 is 5.21. The maximum atomic E-state index is 12.4. The number of fused-ring (bicyclic) bond motifs is 1. The Morgan fingerprint density at radius 2 is 1.88 bits per heavy atom. The van der Waals surface area contributed by atoms with Gasteiger partial charge in [0, 0.05) is 19.7 Å². The van der Waals surface area contributed by atoms with Gasteiger partial charge in [-0.05, 0) is 18.4 Å². The van der Waals surface area contributed by atoms with E-state index >= 15 is 0 Å². The van der Waals surface area contributed by atoms with E-state index in [0.717, 1.165) is 5.82 Å². The first-order chi connectivity index (χ1) is 12.0. The number of hydrogen-bond donors (Lipinski definition) is 1. The van der Waals surface area contributed by atoms with Gasteiger partial charge in [-0.2, -0.15) is 0 Å². The number of anilines is 1. The maximum Gasteiger partial charge on any atom is 0.344 e. The Hall–Kier alpha value is -3.22. The topological polar surface area (TPSA) is 88.3 Å². The summed E-state index contributed by atoms with van der Waals surface area (Å²) in [6.07, 6.45) is 3.22. The second-order valence-corrected chi connectivity index (χ2v) is 5.83. The molecule has 0 bridgehead atoms. The Kier molecular flexibility index (Phi) is 4.47. The molecule has 0 unspecified atom stereocenters. The van der Waals surface area contributed by atoms with Gasteiger partial charge in [-0.25, -0.2) is 9.78 Å². The SMILES string of the molecule is Cc1c(C(=O)NCc2cnc(N(C)C)cn2)oc(=O)c2ccccc12. The first-order valence-corrected chi connectivity index (χ1v) is 7.76. The molecule has 0 radical (unpaired) electrons.